The maximum absolute atomic E-state index is 13.2. The van der Waals surface area contributed by atoms with Crippen molar-refractivity contribution in [2.45, 2.75) is 44.1 Å². The van der Waals surface area contributed by atoms with Gasteiger partial charge in [0.15, 0.2) is 11.9 Å². The van der Waals surface area contributed by atoms with E-state index in [1.165, 1.54) is 0 Å². The lowest BCUT2D eigenvalue weighted by molar-refractivity contribution is -0.156. The predicted molar refractivity (Wildman–Crippen MR) is 103 cm³/mol. The number of aromatic amines is 1. The van der Waals surface area contributed by atoms with Crippen LogP contribution in [0, 0.1) is 0 Å². The summed E-state index contributed by atoms with van der Waals surface area (Å²) in [7, 11) is 0. The minimum absolute atomic E-state index is 0.225. The monoisotopic (exact) mass is 362 g/mol. The molecule has 1 fully saturated rings. The van der Waals surface area contributed by atoms with Gasteiger partial charge in [0.05, 0.1) is 16.3 Å². The maximum Gasteiger partial charge on any atom is 0.317 e. The standard InChI is InChI=1S/C22H22N2O3/c1-15(19-23-18-12-6-5-11-17(18)20(25)24-19)27-21(26)22(13-7-8-14-22)16-9-3-2-4-10-16/h2-6,9-12,15H,7-8,13-14H2,1H3,(H,23,24,25)/t15-/m0/s1. The van der Waals surface area contributed by atoms with Gasteiger partial charge in [0.25, 0.3) is 5.56 Å². The second-order valence-corrected chi connectivity index (χ2v) is 7.17. The third kappa shape index (κ3) is 3.14. The number of hydrogen-bond acceptors (Lipinski definition) is 4. The van der Waals surface area contributed by atoms with E-state index in [1.807, 2.05) is 36.4 Å². The minimum atomic E-state index is -0.629. The third-order valence-electron chi connectivity index (χ3n) is 5.47. The summed E-state index contributed by atoms with van der Waals surface area (Å²) in [5.74, 6) is 0.128. The van der Waals surface area contributed by atoms with Crippen LogP contribution in [0.2, 0.25) is 0 Å². The number of para-hydroxylation sites is 1. The molecule has 2 aromatic carbocycles. The number of esters is 1. The second-order valence-electron chi connectivity index (χ2n) is 7.17. The first-order valence-corrected chi connectivity index (χ1v) is 9.36. The van der Waals surface area contributed by atoms with E-state index in [0.717, 1.165) is 31.2 Å². The Hall–Kier alpha value is -2.95. The molecule has 0 saturated heterocycles. The number of nitrogens with one attached hydrogen (secondary N) is 1. The third-order valence-corrected chi connectivity index (χ3v) is 5.47. The van der Waals surface area contributed by atoms with Crippen molar-refractivity contribution in [3.63, 3.8) is 0 Å². The molecule has 0 unspecified atom stereocenters. The fraction of sp³-hybridized carbons (Fsp3) is 0.318. The van der Waals surface area contributed by atoms with E-state index in [-0.39, 0.29) is 11.5 Å². The highest BCUT2D eigenvalue weighted by atomic mass is 16.5. The van der Waals surface area contributed by atoms with Gasteiger partial charge in [0, 0.05) is 0 Å². The Morgan fingerprint density at radius 3 is 2.48 bits per heavy atom. The van der Waals surface area contributed by atoms with Crippen LogP contribution in [0.4, 0.5) is 0 Å². The van der Waals surface area contributed by atoms with E-state index in [0.29, 0.717) is 16.7 Å². The molecule has 1 saturated carbocycles. The molecular weight excluding hydrogens is 340 g/mol. The fourth-order valence-electron chi connectivity index (χ4n) is 3.97. The number of rotatable bonds is 4. The smallest absolute Gasteiger partial charge is 0.317 e. The Morgan fingerprint density at radius 2 is 1.74 bits per heavy atom. The summed E-state index contributed by atoms with van der Waals surface area (Å²) < 4.78 is 5.81. The van der Waals surface area contributed by atoms with Gasteiger partial charge in [-0.1, -0.05) is 55.3 Å². The van der Waals surface area contributed by atoms with Gasteiger partial charge in [-0.2, -0.15) is 0 Å². The molecule has 5 nitrogen and oxygen atoms in total. The van der Waals surface area contributed by atoms with Crippen molar-refractivity contribution in [1.29, 1.82) is 0 Å². The Morgan fingerprint density at radius 1 is 1.07 bits per heavy atom. The lowest BCUT2D eigenvalue weighted by Gasteiger charge is -2.28. The normalized spacial score (nSPS) is 16.9. The van der Waals surface area contributed by atoms with Crippen LogP contribution in [0.25, 0.3) is 10.9 Å². The SMILES string of the molecule is C[C@H](OC(=O)C1(c2ccccc2)CCCC1)c1nc2ccccc2c(=O)[nH]1. The molecule has 138 valence electrons. The largest absolute Gasteiger partial charge is 0.454 e. The predicted octanol–water partition coefficient (Wildman–Crippen LogP) is 4.04. The number of ether oxygens (including phenoxy) is 1. The molecule has 0 aliphatic heterocycles. The van der Waals surface area contributed by atoms with E-state index >= 15 is 0 Å². The number of carbonyl (C=O) groups is 1. The van der Waals surface area contributed by atoms with Crippen molar-refractivity contribution in [3.8, 4) is 0 Å². The number of carbonyl (C=O) groups excluding carboxylic acids is 1. The van der Waals surface area contributed by atoms with Crippen LogP contribution in [0.5, 0.6) is 0 Å². The first-order valence-electron chi connectivity index (χ1n) is 9.36. The zero-order valence-electron chi connectivity index (χ0n) is 15.3. The Bertz CT molecular complexity index is 1020. The summed E-state index contributed by atoms with van der Waals surface area (Å²) in [6.07, 6.45) is 2.94. The molecule has 27 heavy (non-hydrogen) atoms. The van der Waals surface area contributed by atoms with Gasteiger partial charge in [-0.25, -0.2) is 4.98 Å². The molecule has 0 radical (unpaired) electrons. The quantitative estimate of drug-likeness (QED) is 0.711. The van der Waals surface area contributed by atoms with Crippen LogP contribution in [-0.4, -0.2) is 15.9 Å². The molecule has 0 amide bonds. The minimum Gasteiger partial charge on any atom is -0.454 e. The molecule has 5 heteroatoms. The highest BCUT2D eigenvalue weighted by molar-refractivity contribution is 5.84. The van der Waals surface area contributed by atoms with E-state index in [1.54, 1.807) is 25.1 Å². The zero-order chi connectivity index (χ0) is 18.9. The Balaban J connectivity index is 1.63. The molecular formula is C22H22N2O3. The van der Waals surface area contributed by atoms with Crippen molar-refractivity contribution in [1.82, 2.24) is 9.97 Å². The molecule has 1 N–H and O–H groups in total. The van der Waals surface area contributed by atoms with Crippen molar-refractivity contribution < 1.29 is 9.53 Å². The van der Waals surface area contributed by atoms with Crippen molar-refractivity contribution in [2.24, 2.45) is 0 Å². The number of benzene rings is 2. The van der Waals surface area contributed by atoms with Gasteiger partial charge >= 0.3 is 5.97 Å². The molecule has 0 bridgehead atoms. The highest BCUT2D eigenvalue weighted by Crippen LogP contribution is 2.42. The lowest BCUT2D eigenvalue weighted by atomic mass is 9.79. The average molecular weight is 362 g/mol. The van der Waals surface area contributed by atoms with Gasteiger partial charge < -0.3 is 9.72 Å². The van der Waals surface area contributed by atoms with Crippen LogP contribution in [0.3, 0.4) is 0 Å². The summed E-state index contributed by atoms with van der Waals surface area (Å²) in [6, 6.07) is 17.0. The van der Waals surface area contributed by atoms with Crippen LogP contribution < -0.4 is 5.56 Å². The summed E-state index contributed by atoms with van der Waals surface area (Å²) in [5, 5.41) is 0.524. The molecule has 1 heterocycles. The Labute approximate surface area is 157 Å². The molecule has 4 rings (SSSR count). The van der Waals surface area contributed by atoms with E-state index < -0.39 is 11.5 Å². The van der Waals surface area contributed by atoms with Crippen molar-refractivity contribution in [2.75, 3.05) is 0 Å². The van der Waals surface area contributed by atoms with Gasteiger partial charge in [-0.05, 0) is 37.5 Å². The topological polar surface area (TPSA) is 72.0 Å². The number of fused-ring (bicyclic) bond motifs is 1. The van der Waals surface area contributed by atoms with E-state index in [4.69, 9.17) is 4.74 Å². The van der Waals surface area contributed by atoms with Gasteiger partial charge in [0.1, 0.15) is 0 Å². The van der Waals surface area contributed by atoms with Crippen molar-refractivity contribution >= 4 is 16.9 Å². The fourth-order valence-corrected chi connectivity index (χ4v) is 3.97. The zero-order valence-corrected chi connectivity index (χ0v) is 15.3. The van der Waals surface area contributed by atoms with E-state index in [2.05, 4.69) is 9.97 Å². The number of H-pyrrole nitrogens is 1. The molecule has 1 aliphatic rings. The molecule has 3 aromatic rings. The summed E-state index contributed by atoms with van der Waals surface area (Å²) >= 11 is 0. The first-order chi connectivity index (χ1) is 13.1. The number of aromatic nitrogens is 2. The van der Waals surface area contributed by atoms with Crippen LogP contribution in [0.1, 0.15) is 50.1 Å². The molecule has 1 aromatic heterocycles. The summed E-state index contributed by atoms with van der Waals surface area (Å²) in [5.41, 5.74) is 0.765. The van der Waals surface area contributed by atoms with Gasteiger partial charge in [-0.15, -0.1) is 0 Å². The average Bonchev–Trinajstić information content (AvgIpc) is 3.20. The van der Waals surface area contributed by atoms with Crippen LogP contribution in [0.15, 0.2) is 59.4 Å². The molecule has 1 aliphatic carbocycles. The van der Waals surface area contributed by atoms with Gasteiger partial charge in [-0.3, -0.25) is 9.59 Å². The molecule has 1 atom stereocenters. The highest BCUT2D eigenvalue weighted by Gasteiger charge is 2.44. The summed E-state index contributed by atoms with van der Waals surface area (Å²) in [4.78, 5) is 32.7. The molecule has 0 spiro atoms. The summed E-state index contributed by atoms with van der Waals surface area (Å²) in [6.45, 7) is 1.75. The number of nitrogens with zero attached hydrogens (tertiary/aromatic N) is 1. The van der Waals surface area contributed by atoms with Crippen LogP contribution in [-0.2, 0) is 14.9 Å². The second kappa shape index (κ2) is 6.99. The Kier molecular flexibility index (Phi) is 4.52. The number of hydrogen-bond donors (Lipinski definition) is 1. The lowest BCUT2D eigenvalue weighted by Crippen LogP contribution is -2.35. The van der Waals surface area contributed by atoms with E-state index in [9.17, 15) is 9.59 Å². The van der Waals surface area contributed by atoms with Crippen LogP contribution >= 0.6 is 0 Å². The first kappa shape index (κ1) is 17.5. The maximum atomic E-state index is 13.2. The van der Waals surface area contributed by atoms with Crippen molar-refractivity contribution in [3.05, 3.63) is 76.3 Å². The van der Waals surface area contributed by atoms with Gasteiger partial charge in [0.2, 0.25) is 0 Å².